The van der Waals surface area contributed by atoms with Crippen molar-refractivity contribution in [1.29, 1.82) is 0 Å². The lowest BCUT2D eigenvalue weighted by molar-refractivity contribution is -0.145. The van der Waals surface area contributed by atoms with Gasteiger partial charge in [0, 0.05) is 42.0 Å². The topological polar surface area (TPSA) is 207 Å². The summed E-state index contributed by atoms with van der Waals surface area (Å²) in [6.07, 6.45) is 5.68. The first-order valence-electron chi connectivity index (χ1n) is 12.3. The summed E-state index contributed by atoms with van der Waals surface area (Å²) in [6.45, 7) is -0.463. The van der Waals surface area contributed by atoms with E-state index in [9.17, 15) is 29.4 Å². The third-order valence-corrected chi connectivity index (χ3v) is 6.68. The number of carbonyl (C=O) groups excluding carboxylic acids is 3. The zero-order valence-corrected chi connectivity index (χ0v) is 20.6. The maximum atomic E-state index is 13.2. The molecule has 3 amide bonds. The molecule has 0 radical (unpaired) electrons. The maximum Gasteiger partial charge on any atom is 0.326 e. The second kappa shape index (κ2) is 11.9. The van der Waals surface area contributed by atoms with Crippen molar-refractivity contribution in [2.75, 3.05) is 13.2 Å². The molecule has 4 rings (SSSR count). The van der Waals surface area contributed by atoms with Crippen molar-refractivity contribution in [1.82, 2.24) is 30.5 Å². The van der Waals surface area contributed by atoms with Gasteiger partial charge in [-0.25, -0.2) is 9.78 Å². The van der Waals surface area contributed by atoms with Crippen molar-refractivity contribution in [2.45, 2.75) is 49.9 Å². The van der Waals surface area contributed by atoms with Crippen LogP contribution in [0.4, 0.5) is 0 Å². The average molecular weight is 526 g/mol. The maximum absolute atomic E-state index is 13.2. The normalized spacial score (nSPS) is 17.6. The highest BCUT2D eigenvalue weighted by Crippen LogP contribution is 2.20. The molecule has 202 valence electrons. The minimum atomic E-state index is -1.30. The van der Waals surface area contributed by atoms with E-state index < -0.39 is 54.5 Å². The number of hydrogen-bond donors (Lipinski definition) is 7. The van der Waals surface area contributed by atoms with E-state index in [4.69, 9.17) is 5.73 Å². The van der Waals surface area contributed by atoms with Gasteiger partial charge in [-0.15, -0.1) is 0 Å². The number of rotatable bonds is 11. The van der Waals surface area contributed by atoms with Gasteiger partial charge in [0.1, 0.15) is 18.1 Å². The molecule has 2 aromatic heterocycles. The molecule has 0 saturated carbocycles. The van der Waals surface area contributed by atoms with E-state index in [0.717, 1.165) is 16.5 Å². The minimum absolute atomic E-state index is 0.00855. The van der Waals surface area contributed by atoms with Gasteiger partial charge in [0.25, 0.3) is 0 Å². The predicted octanol–water partition coefficient (Wildman–Crippen LogP) is -0.959. The fraction of sp³-hybridized carbons (Fsp3) is 0.400. The number of benzene rings is 1. The predicted molar refractivity (Wildman–Crippen MR) is 136 cm³/mol. The third kappa shape index (κ3) is 6.01. The summed E-state index contributed by atoms with van der Waals surface area (Å²) in [5, 5.41) is 25.3. The van der Waals surface area contributed by atoms with Crippen LogP contribution in [0.25, 0.3) is 10.9 Å². The lowest BCUT2D eigenvalue weighted by Gasteiger charge is -2.29. The van der Waals surface area contributed by atoms with Gasteiger partial charge >= 0.3 is 5.97 Å². The Labute approximate surface area is 217 Å². The number of nitrogens with zero attached hydrogens (tertiary/aromatic N) is 2. The Morgan fingerprint density at radius 2 is 1.92 bits per heavy atom. The molecule has 13 nitrogen and oxygen atoms in total. The number of aromatic amines is 2. The molecule has 0 bridgehead atoms. The van der Waals surface area contributed by atoms with Gasteiger partial charge in [0.2, 0.25) is 17.7 Å². The van der Waals surface area contributed by atoms with Crippen molar-refractivity contribution in [2.24, 2.45) is 5.73 Å². The summed E-state index contributed by atoms with van der Waals surface area (Å²) >= 11 is 0. The van der Waals surface area contributed by atoms with Crippen LogP contribution >= 0.6 is 0 Å². The molecule has 0 spiro atoms. The monoisotopic (exact) mass is 525 g/mol. The Balaban J connectivity index is 1.37. The van der Waals surface area contributed by atoms with Gasteiger partial charge in [-0.1, -0.05) is 18.2 Å². The highest BCUT2D eigenvalue weighted by atomic mass is 16.4. The molecule has 4 atom stereocenters. The number of para-hydroxylation sites is 1. The van der Waals surface area contributed by atoms with Gasteiger partial charge < -0.3 is 41.4 Å². The second-order valence-corrected chi connectivity index (χ2v) is 9.28. The van der Waals surface area contributed by atoms with Crippen LogP contribution in [-0.4, -0.2) is 91.1 Å². The Kier molecular flexibility index (Phi) is 8.38. The van der Waals surface area contributed by atoms with Crippen molar-refractivity contribution >= 4 is 34.6 Å². The van der Waals surface area contributed by atoms with Gasteiger partial charge in [-0.05, 0) is 30.9 Å². The van der Waals surface area contributed by atoms with Crippen molar-refractivity contribution in [3.05, 3.63) is 54.2 Å². The first-order valence-corrected chi connectivity index (χ1v) is 12.3. The number of hydrogen-bond acceptors (Lipinski definition) is 7. The molecular weight excluding hydrogens is 494 g/mol. The van der Waals surface area contributed by atoms with Gasteiger partial charge in [-0.3, -0.25) is 14.4 Å². The van der Waals surface area contributed by atoms with Crippen LogP contribution < -0.4 is 16.4 Å². The number of aromatic nitrogens is 3. The number of fused-ring (bicyclic) bond motifs is 1. The van der Waals surface area contributed by atoms with E-state index in [0.29, 0.717) is 18.5 Å². The van der Waals surface area contributed by atoms with Crippen molar-refractivity contribution in [3.63, 3.8) is 0 Å². The minimum Gasteiger partial charge on any atom is -0.480 e. The number of amides is 3. The largest absolute Gasteiger partial charge is 0.480 e. The van der Waals surface area contributed by atoms with E-state index in [1.807, 2.05) is 24.3 Å². The van der Waals surface area contributed by atoms with Crippen LogP contribution in [0.5, 0.6) is 0 Å². The third-order valence-electron chi connectivity index (χ3n) is 6.68. The van der Waals surface area contributed by atoms with E-state index in [2.05, 4.69) is 25.6 Å². The molecule has 3 aromatic rings. The van der Waals surface area contributed by atoms with Crippen molar-refractivity contribution in [3.8, 4) is 0 Å². The molecule has 3 heterocycles. The number of carboxylic acid groups (broad SMARTS) is 1. The Morgan fingerprint density at radius 3 is 2.63 bits per heavy atom. The van der Waals surface area contributed by atoms with Crippen LogP contribution in [0.1, 0.15) is 24.1 Å². The molecule has 1 aromatic carbocycles. The fourth-order valence-electron chi connectivity index (χ4n) is 4.68. The number of carbonyl (C=O) groups is 4. The second-order valence-electron chi connectivity index (χ2n) is 9.28. The highest BCUT2D eigenvalue weighted by molar-refractivity contribution is 5.95. The summed E-state index contributed by atoms with van der Waals surface area (Å²) in [5.41, 5.74) is 8.39. The van der Waals surface area contributed by atoms with Crippen LogP contribution in [0, 0.1) is 0 Å². The number of nitrogens with one attached hydrogen (secondary N) is 4. The number of carboxylic acids is 1. The van der Waals surface area contributed by atoms with E-state index >= 15 is 0 Å². The van der Waals surface area contributed by atoms with Crippen LogP contribution in [0.3, 0.4) is 0 Å². The number of likely N-dealkylation sites (tertiary alicyclic amines) is 1. The first kappa shape index (κ1) is 26.8. The van der Waals surface area contributed by atoms with Gasteiger partial charge in [0.15, 0.2) is 0 Å². The number of H-pyrrole nitrogens is 2. The SMILES string of the molecule is NC(Cc1c[nH]c2ccccc12)C(=O)NC(CO)C(=O)N1CCCC1C(=O)NC(Cc1cnc[nH]1)C(=O)O. The molecule has 1 fully saturated rings. The molecule has 4 unspecified atom stereocenters. The van der Waals surface area contributed by atoms with Crippen LogP contribution in [-0.2, 0) is 32.0 Å². The lowest BCUT2D eigenvalue weighted by atomic mass is 10.0. The molecular formula is C25H31N7O6. The molecule has 0 aliphatic carbocycles. The lowest BCUT2D eigenvalue weighted by Crippen LogP contribution is -2.58. The zero-order valence-electron chi connectivity index (χ0n) is 20.6. The van der Waals surface area contributed by atoms with Gasteiger partial charge in [-0.2, -0.15) is 0 Å². The summed E-state index contributed by atoms with van der Waals surface area (Å²) in [7, 11) is 0. The number of nitrogens with two attached hydrogens (primary N) is 1. The van der Waals surface area contributed by atoms with E-state index in [-0.39, 0.29) is 19.4 Å². The summed E-state index contributed by atoms with van der Waals surface area (Å²) < 4.78 is 0. The van der Waals surface area contributed by atoms with E-state index in [1.165, 1.54) is 17.4 Å². The van der Waals surface area contributed by atoms with Crippen molar-refractivity contribution < 1.29 is 29.4 Å². The van der Waals surface area contributed by atoms with Crippen LogP contribution in [0.15, 0.2) is 43.0 Å². The number of imidazole rings is 1. The number of aliphatic hydroxyl groups excluding tert-OH is 1. The molecule has 13 heteroatoms. The standard InChI is InChI=1S/C25H31N7O6/c26-17(8-14-10-28-18-5-2-1-4-16(14)18)22(34)31-20(12-33)24(36)32-7-3-6-21(32)23(35)30-19(25(37)38)9-15-11-27-13-29-15/h1-2,4-5,10-11,13,17,19-21,28,33H,3,6-9,12,26H2,(H,27,29)(H,30,35)(H,31,34)(H,37,38). The average Bonchev–Trinajstić information content (AvgIpc) is 3.68. The van der Waals surface area contributed by atoms with Crippen LogP contribution in [0.2, 0.25) is 0 Å². The fourth-order valence-corrected chi connectivity index (χ4v) is 4.68. The molecule has 1 saturated heterocycles. The molecule has 1 aliphatic rings. The molecule has 1 aliphatic heterocycles. The van der Waals surface area contributed by atoms with E-state index in [1.54, 1.807) is 6.20 Å². The summed E-state index contributed by atoms with van der Waals surface area (Å²) in [4.78, 5) is 61.7. The Hall–Kier alpha value is -4.23. The van der Waals surface area contributed by atoms with Gasteiger partial charge in [0.05, 0.1) is 19.0 Å². The number of aliphatic carboxylic acids is 1. The molecule has 8 N–H and O–H groups in total. The number of aliphatic hydroxyl groups is 1. The smallest absolute Gasteiger partial charge is 0.326 e. The zero-order chi connectivity index (χ0) is 27.2. The summed E-state index contributed by atoms with van der Waals surface area (Å²) in [6, 6.07) is 3.15. The Morgan fingerprint density at radius 1 is 1.13 bits per heavy atom. The molecule has 38 heavy (non-hydrogen) atoms. The summed E-state index contributed by atoms with van der Waals surface area (Å²) in [5.74, 6) is -3.11. The quantitative estimate of drug-likeness (QED) is 0.166. The highest BCUT2D eigenvalue weighted by Gasteiger charge is 2.39. The Bertz CT molecular complexity index is 1290. The first-order chi connectivity index (χ1) is 18.3.